The van der Waals surface area contributed by atoms with Gasteiger partial charge >= 0.3 is 5.69 Å². The molecule has 1 atom stereocenters. The molecule has 0 spiro atoms. The maximum Gasteiger partial charge on any atom is 0.312 e. The van der Waals surface area contributed by atoms with Crippen molar-refractivity contribution in [2.24, 2.45) is 0 Å². The molecule has 1 N–H and O–H groups in total. The van der Waals surface area contributed by atoms with Gasteiger partial charge < -0.3 is 9.84 Å². The normalized spacial score (nSPS) is 12.2. The molecule has 0 saturated carbocycles. The number of anilines is 1. The Bertz CT molecular complexity index is 703. The van der Waals surface area contributed by atoms with Crippen LogP contribution in [0.2, 0.25) is 0 Å². The van der Waals surface area contributed by atoms with Crippen molar-refractivity contribution in [2.75, 3.05) is 5.32 Å². The third kappa shape index (κ3) is 2.76. The summed E-state index contributed by atoms with van der Waals surface area (Å²) in [5.41, 5.74) is 0.526. The second-order valence-electron chi connectivity index (χ2n) is 4.71. The summed E-state index contributed by atoms with van der Waals surface area (Å²) in [5.74, 6) is 0.476. The highest BCUT2D eigenvalue weighted by atomic mass is 16.6. The summed E-state index contributed by atoms with van der Waals surface area (Å²) in [5, 5.41) is 21.3. The summed E-state index contributed by atoms with van der Waals surface area (Å²) < 4.78 is 6.18. The van der Waals surface area contributed by atoms with Gasteiger partial charge in [-0.1, -0.05) is 5.16 Å². The van der Waals surface area contributed by atoms with Gasteiger partial charge in [0.05, 0.1) is 4.92 Å². The van der Waals surface area contributed by atoms with Crippen LogP contribution in [-0.2, 0) is 4.79 Å². The van der Waals surface area contributed by atoms with E-state index in [1.165, 1.54) is 11.6 Å². The Morgan fingerprint density at radius 1 is 1.48 bits per heavy atom. The number of carbonyl (C=O) groups is 1. The van der Waals surface area contributed by atoms with Crippen molar-refractivity contribution in [2.45, 2.75) is 33.7 Å². The van der Waals surface area contributed by atoms with E-state index in [9.17, 15) is 14.9 Å². The standard InChI is InChI=1S/C12H15N5O4/c1-6-5-10(15-21-6)13-12(18)9(4)16-8(3)11(17(19)20)7(2)14-16/h5,9H,1-4H3,(H,13,15,18)/t9-/m0/s1. The van der Waals surface area contributed by atoms with Crippen LogP contribution in [0.4, 0.5) is 11.5 Å². The molecule has 0 radical (unpaired) electrons. The molecular formula is C12H15N5O4. The van der Waals surface area contributed by atoms with Crippen LogP contribution >= 0.6 is 0 Å². The van der Waals surface area contributed by atoms with Crippen molar-refractivity contribution in [3.05, 3.63) is 33.3 Å². The highest BCUT2D eigenvalue weighted by Crippen LogP contribution is 2.25. The zero-order chi connectivity index (χ0) is 15.7. The van der Waals surface area contributed by atoms with Crippen LogP contribution in [0.15, 0.2) is 10.6 Å². The van der Waals surface area contributed by atoms with Gasteiger partial charge in [-0.15, -0.1) is 0 Å². The minimum Gasteiger partial charge on any atom is -0.360 e. The van der Waals surface area contributed by atoms with Crippen LogP contribution in [-0.4, -0.2) is 25.8 Å². The van der Waals surface area contributed by atoms with Crippen LogP contribution in [0.1, 0.15) is 30.1 Å². The molecule has 1 amide bonds. The highest BCUT2D eigenvalue weighted by molar-refractivity contribution is 5.92. The van der Waals surface area contributed by atoms with E-state index >= 15 is 0 Å². The fourth-order valence-corrected chi connectivity index (χ4v) is 2.06. The van der Waals surface area contributed by atoms with Crippen LogP contribution < -0.4 is 5.32 Å². The smallest absolute Gasteiger partial charge is 0.312 e. The Morgan fingerprint density at radius 3 is 2.62 bits per heavy atom. The lowest BCUT2D eigenvalue weighted by Gasteiger charge is -2.12. The molecule has 0 fully saturated rings. The summed E-state index contributed by atoms with van der Waals surface area (Å²) in [4.78, 5) is 22.6. The fraction of sp³-hybridized carbons (Fsp3) is 0.417. The van der Waals surface area contributed by atoms with Gasteiger partial charge in [-0.3, -0.25) is 19.6 Å². The van der Waals surface area contributed by atoms with E-state index in [-0.39, 0.29) is 17.3 Å². The van der Waals surface area contributed by atoms with Crippen LogP contribution in [0.5, 0.6) is 0 Å². The number of nitrogens with one attached hydrogen (secondary N) is 1. The van der Waals surface area contributed by atoms with E-state index in [0.717, 1.165) is 0 Å². The summed E-state index contributed by atoms with van der Waals surface area (Å²) in [6.07, 6.45) is 0. The summed E-state index contributed by atoms with van der Waals surface area (Å²) >= 11 is 0. The third-order valence-corrected chi connectivity index (χ3v) is 3.09. The van der Waals surface area contributed by atoms with Gasteiger partial charge in [-0.25, -0.2) is 0 Å². The Hall–Kier alpha value is -2.71. The quantitative estimate of drug-likeness (QED) is 0.679. The lowest BCUT2D eigenvalue weighted by molar-refractivity contribution is -0.386. The second kappa shape index (κ2) is 5.35. The lowest BCUT2D eigenvalue weighted by atomic mass is 10.3. The predicted molar refractivity (Wildman–Crippen MR) is 72.9 cm³/mol. The number of aromatic nitrogens is 3. The van der Waals surface area contributed by atoms with Crippen molar-refractivity contribution in [1.82, 2.24) is 14.9 Å². The van der Waals surface area contributed by atoms with E-state index in [1.54, 1.807) is 26.8 Å². The van der Waals surface area contributed by atoms with Gasteiger partial charge in [0.25, 0.3) is 0 Å². The molecule has 2 aromatic rings. The number of hydrogen-bond donors (Lipinski definition) is 1. The fourth-order valence-electron chi connectivity index (χ4n) is 2.06. The van der Waals surface area contributed by atoms with Crippen LogP contribution in [0, 0.1) is 30.9 Å². The minimum absolute atomic E-state index is 0.0769. The van der Waals surface area contributed by atoms with E-state index in [2.05, 4.69) is 15.6 Å². The maximum absolute atomic E-state index is 12.1. The number of hydrogen-bond acceptors (Lipinski definition) is 6. The summed E-state index contributed by atoms with van der Waals surface area (Å²) in [6.45, 7) is 6.40. The van der Waals surface area contributed by atoms with Gasteiger partial charge in [0.1, 0.15) is 23.2 Å². The molecule has 0 aliphatic heterocycles. The summed E-state index contributed by atoms with van der Waals surface area (Å²) in [6, 6.07) is 0.864. The minimum atomic E-state index is -0.714. The highest BCUT2D eigenvalue weighted by Gasteiger charge is 2.27. The van der Waals surface area contributed by atoms with E-state index in [4.69, 9.17) is 4.52 Å². The molecule has 2 heterocycles. The second-order valence-corrected chi connectivity index (χ2v) is 4.71. The molecule has 2 aromatic heterocycles. The molecule has 21 heavy (non-hydrogen) atoms. The molecule has 9 nitrogen and oxygen atoms in total. The van der Waals surface area contributed by atoms with Gasteiger partial charge in [-0.2, -0.15) is 5.10 Å². The molecule has 9 heteroatoms. The first-order valence-corrected chi connectivity index (χ1v) is 6.25. The molecule has 0 saturated heterocycles. The van der Waals surface area contributed by atoms with Crippen molar-refractivity contribution < 1.29 is 14.2 Å². The number of nitrogens with zero attached hydrogens (tertiary/aromatic N) is 4. The van der Waals surface area contributed by atoms with Crippen molar-refractivity contribution in [1.29, 1.82) is 0 Å². The Morgan fingerprint density at radius 2 is 2.14 bits per heavy atom. The number of nitro groups is 1. The molecule has 2 rings (SSSR count). The summed E-state index contributed by atoms with van der Waals surface area (Å²) in [7, 11) is 0. The van der Waals surface area contributed by atoms with Crippen molar-refractivity contribution in [3.63, 3.8) is 0 Å². The number of rotatable bonds is 4. The van der Waals surface area contributed by atoms with Gasteiger partial charge in [0.2, 0.25) is 5.91 Å². The average Bonchev–Trinajstić information content (AvgIpc) is 2.92. The maximum atomic E-state index is 12.1. The molecule has 0 bridgehead atoms. The number of carbonyl (C=O) groups excluding carboxylic acids is 1. The van der Waals surface area contributed by atoms with Crippen LogP contribution in [0.3, 0.4) is 0 Å². The molecule has 0 aromatic carbocycles. The molecule has 112 valence electrons. The first-order chi connectivity index (χ1) is 9.81. The topological polar surface area (TPSA) is 116 Å². The predicted octanol–water partition coefficient (Wildman–Crippen LogP) is 1.90. The monoisotopic (exact) mass is 293 g/mol. The zero-order valence-corrected chi connectivity index (χ0v) is 12.1. The molecule has 0 unspecified atom stereocenters. The Balaban J connectivity index is 2.23. The van der Waals surface area contributed by atoms with E-state index in [0.29, 0.717) is 17.3 Å². The molecule has 0 aliphatic rings. The average molecular weight is 293 g/mol. The lowest BCUT2D eigenvalue weighted by Crippen LogP contribution is -2.25. The Kier molecular flexibility index (Phi) is 3.74. The third-order valence-electron chi connectivity index (χ3n) is 3.09. The van der Waals surface area contributed by atoms with Crippen LogP contribution in [0.25, 0.3) is 0 Å². The van der Waals surface area contributed by atoms with Gasteiger partial charge in [0, 0.05) is 6.07 Å². The first kappa shape index (κ1) is 14.7. The van der Waals surface area contributed by atoms with Gasteiger partial charge in [0.15, 0.2) is 5.82 Å². The molecular weight excluding hydrogens is 278 g/mol. The number of amides is 1. The Labute approximate surface area is 120 Å². The van der Waals surface area contributed by atoms with Crippen molar-refractivity contribution >= 4 is 17.4 Å². The first-order valence-electron chi connectivity index (χ1n) is 6.25. The molecule has 0 aliphatic carbocycles. The van der Waals surface area contributed by atoms with Crippen molar-refractivity contribution in [3.8, 4) is 0 Å². The number of aryl methyl sites for hydroxylation is 2. The zero-order valence-electron chi connectivity index (χ0n) is 12.1. The largest absolute Gasteiger partial charge is 0.360 e. The van der Waals surface area contributed by atoms with E-state index < -0.39 is 11.0 Å². The van der Waals surface area contributed by atoms with E-state index in [1.807, 2.05) is 0 Å². The SMILES string of the molecule is Cc1cc(NC(=O)[C@H](C)n2nc(C)c([N+](=O)[O-])c2C)no1. The van der Waals surface area contributed by atoms with Gasteiger partial charge in [-0.05, 0) is 27.7 Å².